The average molecular weight is 174 g/mol. The first-order valence-electron chi connectivity index (χ1n) is 4.39. The molecule has 0 aromatic heterocycles. The molecule has 1 heterocycles. The van der Waals surface area contributed by atoms with Crippen molar-refractivity contribution in [2.24, 2.45) is 5.73 Å². The van der Waals surface area contributed by atoms with E-state index in [2.05, 4.69) is 18.7 Å². The highest BCUT2D eigenvalue weighted by atomic mass is 16.4. The van der Waals surface area contributed by atoms with Gasteiger partial charge >= 0.3 is 0 Å². The molecule has 0 amide bonds. The Kier molecular flexibility index (Phi) is 2.73. The van der Waals surface area contributed by atoms with E-state index >= 15 is 0 Å². The number of hydrogen-bond donors (Lipinski definition) is 3. The first-order chi connectivity index (χ1) is 5.49. The predicted molar refractivity (Wildman–Crippen MR) is 46.5 cm³/mol. The monoisotopic (exact) mass is 174 g/mol. The van der Waals surface area contributed by atoms with Crippen molar-refractivity contribution in [1.82, 2.24) is 4.90 Å². The van der Waals surface area contributed by atoms with Crippen LogP contribution in [0.3, 0.4) is 0 Å². The van der Waals surface area contributed by atoms with Crippen molar-refractivity contribution < 1.29 is 10.2 Å². The number of nitrogens with two attached hydrogens (primary N) is 1. The Hall–Kier alpha value is -0.160. The summed E-state index contributed by atoms with van der Waals surface area (Å²) in [4.78, 5) is 2.11. The summed E-state index contributed by atoms with van der Waals surface area (Å²) in [5.41, 5.74) is 4.15. The Balaban J connectivity index is 2.36. The lowest BCUT2D eigenvalue weighted by Crippen LogP contribution is -2.71. The molecule has 2 atom stereocenters. The van der Waals surface area contributed by atoms with Crippen LogP contribution >= 0.6 is 0 Å². The first kappa shape index (κ1) is 9.92. The smallest absolute Gasteiger partial charge is 0.134 e. The Bertz CT molecular complexity index is 155. The number of aliphatic hydroxyl groups is 2. The molecule has 1 rings (SSSR count). The van der Waals surface area contributed by atoms with E-state index in [9.17, 15) is 5.11 Å². The van der Waals surface area contributed by atoms with Gasteiger partial charge in [-0.1, -0.05) is 6.92 Å². The van der Waals surface area contributed by atoms with Gasteiger partial charge in [0.25, 0.3) is 0 Å². The molecule has 0 radical (unpaired) electrons. The Morgan fingerprint density at radius 1 is 1.58 bits per heavy atom. The zero-order valence-electron chi connectivity index (χ0n) is 7.70. The molecule has 1 aliphatic heterocycles. The first-order valence-corrected chi connectivity index (χ1v) is 4.39. The largest absolute Gasteiger partial charge is 0.383 e. The minimum Gasteiger partial charge on any atom is -0.383 e. The summed E-state index contributed by atoms with van der Waals surface area (Å²) in [6.07, 6.45) is -0.0608. The topological polar surface area (TPSA) is 69.7 Å². The van der Waals surface area contributed by atoms with Gasteiger partial charge in [-0.3, -0.25) is 4.90 Å². The second-order valence-electron chi connectivity index (χ2n) is 3.71. The normalized spacial score (nSPS) is 27.8. The van der Waals surface area contributed by atoms with E-state index in [1.165, 1.54) is 0 Å². The number of aliphatic hydroxyl groups excluding tert-OH is 1. The zero-order chi connectivity index (χ0) is 9.35. The standard InChI is InChI=1S/C8H18N2O2/c1-3-6(2)10-4-8(12,5-10)7(9)11/h6-7,11-12H,3-5,9H2,1-2H3. The second-order valence-corrected chi connectivity index (χ2v) is 3.71. The lowest BCUT2D eigenvalue weighted by Gasteiger charge is -2.50. The highest BCUT2D eigenvalue weighted by Crippen LogP contribution is 2.25. The molecule has 0 aliphatic carbocycles. The molecule has 1 saturated heterocycles. The van der Waals surface area contributed by atoms with Gasteiger partial charge in [0, 0.05) is 19.1 Å². The fourth-order valence-electron chi connectivity index (χ4n) is 1.41. The molecule has 72 valence electrons. The Morgan fingerprint density at radius 3 is 2.42 bits per heavy atom. The van der Waals surface area contributed by atoms with Crippen molar-refractivity contribution in [3.8, 4) is 0 Å². The number of β-amino-alcohol motifs (C(OH)–C–C–N with tert-alkyl or cyclic N) is 1. The van der Waals surface area contributed by atoms with Crippen LogP contribution in [-0.2, 0) is 0 Å². The zero-order valence-corrected chi connectivity index (χ0v) is 7.70. The van der Waals surface area contributed by atoms with Gasteiger partial charge in [-0.05, 0) is 13.3 Å². The molecule has 0 bridgehead atoms. The summed E-state index contributed by atoms with van der Waals surface area (Å²) in [5.74, 6) is 0. The van der Waals surface area contributed by atoms with E-state index < -0.39 is 11.8 Å². The van der Waals surface area contributed by atoms with Gasteiger partial charge in [0.1, 0.15) is 11.8 Å². The van der Waals surface area contributed by atoms with Crippen molar-refractivity contribution in [3.05, 3.63) is 0 Å². The maximum absolute atomic E-state index is 9.59. The van der Waals surface area contributed by atoms with Crippen LogP contribution in [0, 0.1) is 0 Å². The van der Waals surface area contributed by atoms with Gasteiger partial charge in [-0.2, -0.15) is 0 Å². The van der Waals surface area contributed by atoms with Crippen molar-refractivity contribution in [3.63, 3.8) is 0 Å². The number of rotatable bonds is 3. The number of hydrogen-bond acceptors (Lipinski definition) is 4. The van der Waals surface area contributed by atoms with Crippen LogP contribution < -0.4 is 5.73 Å². The van der Waals surface area contributed by atoms with Crippen molar-refractivity contribution in [2.45, 2.75) is 38.1 Å². The maximum atomic E-state index is 9.59. The maximum Gasteiger partial charge on any atom is 0.134 e. The quantitative estimate of drug-likeness (QED) is 0.485. The molecular formula is C8H18N2O2. The fourth-order valence-corrected chi connectivity index (χ4v) is 1.41. The third-order valence-corrected chi connectivity index (χ3v) is 2.72. The van der Waals surface area contributed by atoms with Gasteiger partial charge in [-0.25, -0.2) is 0 Å². The fraction of sp³-hybridized carbons (Fsp3) is 1.00. The van der Waals surface area contributed by atoms with Crippen LogP contribution in [0.1, 0.15) is 20.3 Å². The summed E-state index contributed by atoms with van der Waals surface area (Å²) in [7, 11) is 0. The second kappa shape index (κ2) is 3.30. The molecule has 12 heavy (non-hydrogen) atoms. The molecule has 0 saturated carbocycles. The third kappa shape index (κ3) is 1.61. The molecule has 4 nitrogen and oxygen atoms in total. The van der Waals surface area contributed by atoms with Gasteiger partial charge in [0.15, 0.2) is 0 Å². The SMILES string of the molecule is CCC(C)N1CC(O)(C(N)O)C1. The molecule has 4 heteroatoms. The highest BCUT2D eigenvalue weighted by molar-refractivity contribution is 5.00. The average Bonchev–Trinajstić information content (AvgIpc) is 1.96. The van der Waals surface area contributed by atoms with Crippen LogP contribution in [0.25, 0.3) is 0 Å². The predicted octanol–water partition coefficient (Wildman–Crippen LogP) is -0.891. The summed E-state index contributed by atoms with van der Waals surface area (Å²) < 4.78 is 0. The number of likely N-dealkylation sites (tertiary alicyclic amines) is 1. The summed E-state index contributed by atoms with van der Waals surface area (Å²) >= 11 is 0. The van der Waals surface area contributed by atoms with E-state index in [-0.39, 0.29) is 0 Å². The van der Waals surface area contributed by atoms with E-state index in [0.29, 0.717) is 19.1 Å². The minimum atomic E-state index is -1.11. The molecule has 0 aromatic carbocycles. The Labute approximate surface area is 73.0 Å². The van der Waals surface area contributed by atoms with Gasteiger partial charge in [0.05, 0.1) is 0 Å². The summed E-state index contributed by atoms with van der Waals surface area (Å²) in [5, 5.41) is 18.6. The molecule has 4 N–H and O–H groups in total. The lowest BCUT2D eigenvalue weighted by atomic mass is 9.90. The van der Waals surface area contributed by atoms with E-state index in [1.54, 1.807) is 0 Å². The lowest BCUT2D eigenvalue weighted by molar-refractivity contribution is -0.172. The van der Waals surface area contributed by atoms with E-state index in [0.717, 1.165) is 6.42 Å². The molecule has 1 fully saturated rings. The minimum absolute atomic E-state index is 0.462. The van der Waals surface area contributed by atoms with Crippen molar-refractivity contribution >= 4 is 0 Å². The van der Waals surface area contributed by atoms with Crippen LogP contribution in [-0.4, -0.2) is 46.1 Å². The van der Waals surface area contributed by atoms with Crippen LogP contribution in [0.5, 0.6) is 0 Å². The summed E-state index contributed by atoms with van der Waals surface area (Å²) in [6, 6.07) is 0.462. The Morgan fingerprint density at radius 2 is 2.08 bits per heavy atom. The van der Waals surface area contributed by atoms with Gasteiger partial charge in [-0.15, -0.1) is 0 Å². The molecule has 1 aliphatic rings. The highest BCUT2D eigenvalue weighted by Gasteiger charge is 2.46. The molecular weight excluding hydrogens is 156 g/mol. The van der Waals surface area contributed by atoms with Crippen LogP contribution in [0.15, 0.2) is 0 Å². The molecule has 0 aromatic rings. The van der Waals surface area contributed by atoms with E-state index in [4.69, 9.17) is 10.8 Å². The van der Waals surface area contributed by atoms with Crippen LogP contribution in [0.4, 0.5) is 0 Å². The van der Waals surface area contributed by atoms with E-state index in [1.807, 2.05) is 0 Å². The van der Waals surface area contributed by atoms with Crippen molar-refractivity contribution in [2.75, 3.05) is 13.1 Å². The van der Waals surface area contributed by atoms with Crippen LogP contribution in [0.2, 0.25) is 0 Å². The molecule has 2 unspecified atom stereocenters. The molecule has 0 spiro atoms. The number of nitrogens with zero attached hydrogens (tertiary/aromatic N) is 1. The van der Waals surface area contributed by atoms with Gasteiger partial charge in [0.2, 0.25) is 0 Å². The summed E-state index contributed by atoms with van der Waals surface area (Å²) in [6.45, 7) is 5.17. The van der Waals surface area contributed by atoms with Gasteiger partial charge < -0.3 is 15.9 Å². The third-order valence-electron chi connectivity index (χ3n) is 2.72. The van der Waals surface area contributed by atoms with Crippen molar-refractivity contribution in [1.29, 1.82) is 0 Å².